The molecule has 0 saturated carbocycles. The minimum absolute atomic E-state index is 0.0409. The molecular weight excluding hydrogens is 320 g/mol. The van der Waals surface area contributed by atoms with Gasteiger partial charge in [-0.1, -0.05) is 32.9 Å². The van der Waals surface area contributed by atoms with Crippen LogP contribution in [0.15, 0.2) is 24.3 Å². The number of carboxylic acids is 1. The van der Waals surface area contributed by atoms with E-state index in [1.807, 2.05) is 20.8 Å². The number of aliphatic carboxylic acids is 1. The lowest BCUT2D eigenvalue weighted by molar-refractivity contribution is -0.142. The van der Waals surface area contributed by atoms with E-state index in [4.69, 9.17) is 5.11 Å². The predicted molar refractivity (Wildman–Crippen MR) is 95.2 cm³/mol. The molecule has 1 atom stereocenters. The summed E-state index contributed by atoms with van der Waals surface area (Å²) in [5, 5.41) is 11.6. The van der Waals surface area contributed by atoms with Gasteiger partial charge in [0.25, 0.3) is 0 Å². The highest BCUT2D eigenvalue weighted by Crippen LogP contribution is 2.24. The Kier molecular flexibility index (Phi) is 5.82. The van der Waals surface area contributed by atoms with Crippen molar-refractivity contribution >= 4 is 23.5 Å². The van der Waals surface area contributed by atoms with Crippen LogP contribution in [-0.4, -0.2) is 40.9 Å². The molecule has 6 nitrogen and oxygen atoms in total. The molecule has 1 aromatic rings. The van der Waals surface area contributed by atoms with Gasteiger partial charge in [-0.3, -0.25) is 14.4 Å². The van der Waals surface area contributed by atoms with Crippen molar-refractivity contribution < 1.29 is 19.5 Å². The molecule has 1 saturated heterocycles. The number of amides is 2. The number of anilines is 1. The normalized spacial score (nSPS) is 17.9. The van der Waals surface area contributed by atoms with Crippen molar-refractivity contribution in [1.82, 2.24) is 4.90 Å². The average Bonchev–Trinajstić information content (AvgIpc) is 2.54. The number of likely N-dealkylation sites (tertiary alicyclic amines) is 1. The minimum Gasteiger partial charge on any atom is -0.481 e. The first-order valence-corrected chi connectivity index (χ1v) is 8.58. The third-order valence-electron chi connectivity index (χ3n) is 4.30. The van der Waals surface area contributed by atoms with Gasteiger partial charge in [-0.2, -0.15) is 0 Å². The molecule has 1 heterocycles. The van der Waals surface area contributed by atoms with Crippen LogP contribution in [0.4, 0.5) is 5.69 Å². The van der Waals surface area contributed by atoms with Gasteiger partial charge in [0.2, 0.25) is 11.8 Å². The molecule has 1 aliphatic rings. The van der Waals surface area contributed by atoms with Gasteiger partial charge in [0.05, 0.1) is 12.3 Å². The summed E-state index contributed by atoms with van der Waals surface area (Å²) in [4.78, 5) is 37.4. The summed E-state index contributed by atoms with van der Waals surface area (Å²) >= 11 is 0. The van der Waals surface area contributed by atoms with Crippen LogP contribution in [0.3, 0.4) is 0 Å². The molecule has 1 aromatic carbocycles. The summed E-state index contributed by atoms with van der Waals surface area (Å²) in [7, 11) is 0. The summed E-state index contributed by atoms with van der Waals surface area (Å²) in [6, 6.07) is 6.80. The summed E-state index contributed by atoms with van der Waals surface area (Å²) in [6.07, 6.45) is 1.54. The van der Waals surface area contributed by atoms with Crippen LogP contribution in [0.2, 0.25) is 0 Å². The Hall–Kier alpha value is -2.37. The maximum Gasteiger partial charge on any atom is 0.307 e. The van der Waals surface area contributed by atoms with E-state index in [1.165, 1.54) is 0 Å². The number of nitrogens with zero attached hydrogens (tertiary/aromatic N) is 1. The zero-order valence-electron chi connectivity index (χ0n) is 15.0. The van der Waals surface area contributed by atoms with Crippen molar-refractivity contribution in [3.63, 3.8) is 0 Å². The summed E-state index contributed by atoms with van der Waals surface area (Å²) in [5.74, 6) is -1.14. The van der Waals surface area contributed by atoms with E-state index in [-0.39, 0.29) is 24.2 Å². The maximum absolute atomic E-state index is 12.5. The molecule has 6 heteroatoms. The van der Waals surface area contributed by atoms with Crippen LogP contribution in [0, 0.1) is 11.3 Å². The minimum atomic E-state index is -0.886. The molecule has 25 heavy (non-hydrogen) atoms. The third kappa shape index (κ3) is 5.31. The molecule has 0 bridgehead atoms. The van der Waals surface area contributed by atoms with Crippen molar-refractivity contribution in [2.45, 2.75) is 40.0 Å². The van der Waals surface area contributed by atoms with Crippen LogP contribution in [0.25, 0.3) is 0 Å². The van der Waals surface area contributed by atoms with Crippen LogP contribution in [0.1, 0.15) is 39.2 Å². The van der Waals surface area contributed by atoms with Gasteiger partial charge in [-0.05, 0) is 30.5 Å². The molecule has 0 radical (unpaired) electrons. The van der Waals surface area contributed by atoms with Gasteiger partial charge in [0.1, 0.15) is 0 Å². The van der Waals surface area contributed by atoms with Crippen LogP contribution < -0.4 is 5.32 Å². The van der Waals surface area contributed by atoms with Gasteiger partial charge in [-0.15, -0.1) is 0 Å². The molecule has 2 rings (SSSR count). The Morgan fingerprint density at radius 2 is 1.84 bits per heavy atom. The number of rotatable bonds is 4. The second kappa shape index (κ2) is 7.68. The lowest BCUT2D eigenvalue weighted by Crippen LogP contribution is -2.47. The predicted octanol–water partition coefficient (Wildman–Crippen LogP) is 2.54. The van der Waals surface area contributed by atoms with Gasteiger partial charge >= 0.3 is 5.97 Å². The second-order valence-electron chi connectivity index (χ2n) is 7.60. The molecule has 1 aliphatic heterocycles. The fraction of sp³-hybridized carbons (Fsp3) is 0.526. The first-order valence-electron chi connectivity index (χ1n) is 8.58. The highest BCUT2D eigenvalue weighted by molar-refractivity contribution is 5.93. The smallest absolute Gasteiger partial charge is 0.307 e. The van der Waals surface area contributed by atoms with Gasteiger partial charge in [-0.25, -0.2) is 0 Å². The number of piperidine rings is 1. The Bertz CT molecular complexity index is 646. The van der Waals surface area contributed by atoms with Crippen molar-refractivity contribution in [3.05, 3.63) is 29.8 Å². The number of hydrogen-bond acceptors (Lipinski definition) is 3. The van der Waals surface area contributed by atoms with Crippen molar-refractivity contribution in [1.29, 1.82) is 0 Å². The number of carboxylic acid groups (broad SMARTS) is 1. The molecule has 0 aliphatic carbocycles. The van der Waals surface area contributed by atoms with Crippen molar-refractivity contribution in [2.75, 3.05) is 18.4 Å². The van der Waals surface area contributed by atoms with Crippen molar-refractivity contribution in [2.24, 2.45) is 11.3 Å². The molecular formula is C19H26N2O4. The Balaban J connectivity index is 1.96. The quantitative estimate of drug-likeness (QED) is 0.877. The summed E-state index contributed by atoms with van der Waals surface area (Å²) in [5.41, 5.74) is 0.877. The van der Waals surface area contributed by atoms with Gasteiger partial charge in [0, 0.05) is 24.2 Å². The number of carbonyl (C=O) groups excluding carboxylic acids is 2. The van der Waals surface area contributed by atoms with Crippen LogP contribution in [-0.2, 0) is 20.8 Å². The van der Waals surface area contributed by atoms with Crippen molar-refractivity contribution in [3.8, 4) is 0 Å². The number of carbonyl (C=O) groups is 3. The third-order valence-corrected chi connectivity index (χ3v) is 4.30. The zero-order valence-corrected chi connectivity index (χ0v) is 15.0. The Morgan fingerprint density at radius 3 is 2.40 bits per heavy atom. The number of benzene rings is 1. The molecule has 2 amide bonds. The topological polar surface area (TPSA) is 86.7 Å². The first kappa shape index (κ1) is 19.0. The fourth-order valence-corrected chi connectivity index (χ4v) is 2.97. The van der Waals surface area contributed by atoms with Gasteiger partial charge < -0.3 is 15.3 Å². The fourth-order valence-electron chi connectivity index (χ4n) is 2.97. The number of hydrogen-bond donors (Lipinski definition) is 2. The van der Waals surface area contributed by atoms with E-state index >= 15 is 0 Å². The van der Waals surface area contributed by atoms with E-state index in [2.05, 4.69) is 5.32 Å². The molecule has 1 unspecified atom stereocenters. The van der Waals surface area contributed by atoms with E-state index in [9.17, 15) is 14.4 Å². The summed E-state index contributed by atoms with van der Waals surface area (Å²) in [6.45, 7) is 6.80. The molecule has 136 valence electrons. The SMILES string of the molecule is CC(C)(C)C(=O)N1CCCC(C(=O)Nc2ccc(CC(=O)O)cc2)C1. The molecule has 0 spiro atoms. The number of nitrogens with one attached hydrogen (secondary N) is 1. The average molecular weight is 346 g/mol. The Morgan fingerprint density at radius 1 is 1.20 bits per heavy atom. The summed E-state index contributed by atoms with van der Waals surface area (Å²) < 4.78 is 0. The lowest BCUT2D eigenvalue weighted by atomic mass is 9.91. The molecule has 1 fully saturated rings. The maximum atomic E-state index is 12.5. The van der Waals surface area contributed by atoms with E-state index in [1.54, 1.807) is 29.2 Å². The van der Waals surface area contributed by atoms with E-state index in [0.717, 1.165) is 12.8 Å². The van der Waals surface area contributed by atoms with E-state index in [0.29, 0.717) is 24.3 Å². The zero-order chi connectivity index (χ0) is 18.6. The highest BCUT2D eigenvalue weighted by atomic mass is 16.4. The van der Waals surface area contributed by atoms with E-state index < -0.39 is 11.4 Å². The second-order valence-corrected chi connectivity index (χ2v) is 7.60. The molecule has 2 N–H and O–H groups in total. The largest absolute Gasteiger partial charge is 0.481 e. The highest BCUT2D eigenvalue weighted by Gasteiger charge is 2.33. The van der Waals surface area contributed by atoms with Crippen LogP contribution in [0.5, 0.6) is 0 Å². The first-order chi connectivity index (χ1) is 11.7. The Labute approximate surface area is 148 Å². The molecule has 0 aromatic heterocycles. The monoisotopic (exact) mass is 346 g/mol. The van der Waals surface area contributed by atoms with Gasteiger partial charge in [0.15, 0.2) is 0 Å². The van der Waals surface area contributed by atoms with Crippen LogP contribution >= 0.6 is 0 Å². The standard InChI is InChI=1S/C19H26N2O4/c1-19(2,3)18(25)21-10-4-5-14(12-21)17(24)20-15-8-6-13(7-9-15)11-16(22)23/h6-9,14H,4-5,10-12H2,1-3H3,(H,20,24)(H,22,23). The lowest BCUT2D eigenvalue weighted by Gasteiger charge is -2.35.